The normalized spacial score (nSPS) is 25.5. The predicted octanol–water partition coefficient (Wildman–Crippen LogP) is 17.1. The van der Waals surface area contributed by atoms with E-state index in [2.05, 4.69) is 31.3 Å². The van der Waals surface area contributed by atoms with Gasteiger partial charge in [-0.2, -0.15) is 0 Å². The maximum atomic E-state index is 13.5. The van der Waals surface area contributed by atoms with Gasteiger partial charge >= 0.3 is 0 Å². The van der Waals surface area contributed by atoms with Crippen molar-refractivity contribution >= 4 is 5.91 Å². The number of rotatable bonds is 75. The molecule has 107 heavy (non-hydrogen) atoms. The van der Waals surface area contributed by atoms with Crippen molar-refractivity contribution in [3.8, 4) is 0 Å². The molecule has 3 fully saturated rings. The third-order valence-electron chi connectivity index (χ3n) is 23.1. The summed E-state index contributed by atoms with van der Waals surface area (Å²) in [6.07, 6.45) is 57.6. The number of aliphatic hydroxyl groups is 11. The van der Waals surface area contributed by atoms with Gasteiger partial charge in [-0.25, -0.2) is 0 Å². The Hall–Kier alpha value is -1.47. The minimum atomic E-state index is -1.97. The molecule has 3 rings (SSSR count). The molecule has 3 heterocycles. The van der Waals surface area contributed by atoms with Gasteiger partial charge in [0.25, 0.3) is 0 Å². The van der Waals surface area contributed by atoms with Crippen LogP contribution in [0.3, 0.4) is 0 Å². The largest absolute Gasteiger partial charge is 0.394 e. The monoisotopic (exact) mass is 1530 g/mol. The molecular weight excluding hydrogens is 1360 g/mol. The number of carbonyl (C=O) groups is 1. The lowest BCUT2D eigenvalue weighted by Crippen LogP contribution is -2.66. The summed E-state index contributed by atoms with van der Waals surface area (Å²) in [4.78, 5) is 13.5. The summed E-state index contributed by atoms with van der Waals surface area (Å²) in [6, 6.07) is -0.885. The molecule has 0 aliphatic carbocycles. The van der Waals surface area contributed by atoms with E-state index in [-0.39, 0.29) is 18.9 Å². The molecule has 0 saturated carbocycles. The van der Waals surface area contributed by atoms with E-state index in [1.807, 2.05) is 0 Å². The lowest BCUT2D eigenvalue weighted by atomic mass is 9.96. The summed E-state index contributed by atoms with van der Waals surface area (Å²) in [7, 11) is 0. The van der Waals surface area contributed by atoms with Crippen LogP contribution >= 0.6 is 0 Å². The van der Waals surface area contributed by atoms with E-state index in [9.17, 15) is 61.0 Å². The Morgan fingerprint density at radius 2 is 0.589 bits per heavy atom. The summed E-state index contributed by atoms with van der Waals surface area (Å²) >= 11 is 0. The number of carbonyl (C=O) groups excluding carboxylic acids is 1. The van der Waals surface area contributed by atoms with Crippen molar-refractivity contribution in [2.75, 3.05) is 26.4 Å². The molecule has 0 aromatic rings. The van der Waals surface area contributed by atoms with Crippen molar-refractivity contribution in [1.29, 1.82) is 0 Å². The van der Waals surface area contributed by atoms with Gasteiger partial charge in [-0.05, 0) is 38.5 Å². The molecule has 0 aromatic carbocycles. The number of amides is 1. The smallest absolute Gasteiger partial charge is 0.220 e. The summed E-state index contributed by atoms with van der Waals surface area (Å²) < 4.78 is 34.6. The van der Waals surface area contributed by atoms with Crippen LogP contribution in [0.1, 0.15) is 412 Å². The van der Waals surface area contributed by atoms with E-state index in [0.717, 1.165) is 44.9 Å². The van der Waals surface area contributed by atoms with E-state index in [4.69, 9.17) is 28.4 Å². The van der Waals surface area contributed by atoms with Crippen LogP contribution in [0.15, 0.2) is 12.2 Å². The third-order valence-corrected chi connectivity index (χ3v) is 23.1. The molecule has 0 spiro atoms. The highest BCUT2D eigenvalue weighted by atomic mass is 16.8. The van der Waals surface area contributed by atoms with E-state index in [0.29, 0.717) is 12.8 Å². The minimum absolute atomic E-state index is 0.232. The fraction of sp³-hybridized carbons (Fsp3) is 0.966. The standard InChI is InChI=1S/C88H169NO18/c1-3-5-7-9-11-13-15-17-19-21-23-25-27-29-30-31-32-33-34-35-36-37-38-39-40-42-44-46-48-50-52-54-56-58-60-62-64-66-76(94)89-71(72(93)65-63-61-59-57-55-53-51-49-47-45-43-41-28-26-24-22-20-18-16-14-12-10-8-6-4-2)70-102-86-82(100)79(97)84(74(68-91)104-86)107-88-83(101)80(98)85(75(69-92)105-88)106-87-81(99)78(96)77(95)73(67-90)103-87/h21,23,71-75,77-88,90-93,95-101H,3-20,22,24-70H2,1-2H3,(H,89,94)/b23-21-. The molecule has 19 nitrogen and oxygen atoms in total. The Morgan fingerprint density at radius 1 is 0.327 bits per heavy atom. The first-order valence-electron chi connectivity index (χ1n) is 45.4. The zero-order valence-corrected chi connectivity index (χ0v) is 68.4. The molecule has 1 amide bonds. The molecular formula is C88H169NO18. The fourth-order valence-electron chi connectivity index (χ4n) is 15.8. The van der Waals surface area contributed by atoms with Gasteiger partial charge in [0.2, 0.25) is 5.91 Å². The molecule has 634 valence electrons. The molecule has 0 bridgehead atoms. The average molecular weight is 1530 g/mol. The number of nitrogens with one attached hydrogen (secondary N) is 1. The number of unbranched alkanes of at least 4 members (excludes halogenated alkanes) is 57. The molecule has 19 heteroatoms. The summed E-state index contributed by atoms with van der Waals surface area (Å²) in [6.45, 7) is 1.88. The van der Waals surface area contributed by atoms with Crippen LogP contribution in [0.25, 0.3) is 0 Å². The number of aliphatic hydroxyl groups excluding tert-OH is 11. The van der Waals surface area contributed by atoms with Crippen LogP contribution in [0, 0.1) is 0 Å². The minimum Gasteiger partial charge on any atom is -0.394 e. The van der Waals surface area contributed by atoms with Crippen LogP contribution in [0.5, 0.6) is 0 Å². The van der Waals surface area contributed by atoms with Crippen LogP contribution in [-0.2, 0) is 33.2 Å². The van der Waals surface area contributed by atoms with Gasteiger partial charge in [0.15, 0.2) is 18.9 Å². The molecule has 3 aliphatic heterocycles. The Morgan fingerprint density at radius 3 is 0.907 bits per heavy atom. The fourth-order valence-corrected chi connectivity index (χ4v) is 15.8. The maximum absolute atomic E-state index is 13.5. The third kappa shape index (κ3) is 47.9. The highest BCUT2D eigenvalue weighted by Gasteiger charge is 2.54. The molecule has 0 radical (unpaired) electrons. The summed E-state index contributed by atoms with van der Waals surface area (Å²) in [5.41, 5.74) is 0. The van der Waals surface area contributed by atoms with Crippen molar-refractivity contribution < 1.29 is 89.4 Å². The average Bonchev–Trinajstić information content (AvgIpc) is 0.781. The predicted molar refractivity (Wildman–Crippen MR) is 430 cm³/mol. The Bertz CT molecular complexity index is 1970. The zero-order chi connectivity index (χ0) is 77.4. The quantitative estimate of drug-likeness (QED) is 0.0199. The highest BCUT2D eigenvalue weighted by Crippen LogP contribution is 2.34. The Labute approximate surface area is 652 Å². The lowest BCUT2D eigenvalue weighted by molar-refractivity contribution is -0.379. The van der Waals surface area contributed by atoms with E-state index in [1.54, 1.807) is 0 Å². The van der Waals surface area contributed by atoms with Crippen molar-refractivity contribution in [2.24, 2.45) is 0 Å². The topological polar surface area (TPSA) is 307 Å². The van der Waals surface area contributed by atoms with Crippen molar-refractivity contribution in [3.05, 3.63) is 12.2 Å². The summed E-state index contributed by atoms with van der Waals surface area (Å²) in [5, 5.41) is 121. The second-order valence-electron chi connectivity index (χ2n) is 32.8. The van der Waals surface area contributed by atoms with E-state index in [1.165, 1.54) is 334 Å². The number of hydrogen-bond donors (Lipinski definition) is 12. The molecule has 12 N–H and O–H groups in total. The van der Waals surface area contributed by atoms with Gasteiger partial charge in [-0.1, -0.05) is 379 Å². The first kappa shape index (κ1) is 99.7. The molecule has 17 unspecified atom stereocenters. The van der Waals surface area contributed by atoms with E-state index < -0.39 is 124 Å². The highest BCUT2D eigenvalue weighted by molar-refractivity contribution is 5.76. The first-order chi connectivity index (χ1) is 52.3. The van der Waals surface area contributed by atoms with Crippen molar-refractivity contribution in [1.82, 2.24) is 5.32 Å². The molecule has 17 atom stereocenters. The second-order valence-corrected chi connectivity index (χ2v) is 32.8. The second kappa shape index (κ2) is 68.9. The van der Waals surface area contributed by atoms with E-state index >= 15 is 0 Å². The van der Waals surface area contributed by atoms with Gasteiger partial charge < -0.3 is 89.9 Å². The SMILES string of the molecule is CCCCCCCCCC/C=C\CCCCCCCCCCCCCCCCCCCCCCCCCCCC(=O)NC(COC1OC(CO)C(OC2OC(CO)C(OC3OC(CO)C(O)C(O)C3O)C(O)C2O)C(O)C1O)C(O)CCCCCCCCCCCCCCCCCCCCCCCCCCC. The Kier molecular flexibility index (Phi) is 64.2. The number of allylic oxidation sites excluding steroid dienone is 2. The maximum Gasteiger partial charge on any atom is 0.220 e. The van der Waals surface area contributed by atoms with Gasteiger partial charge in [-0.15, -0.1) is 0 Å². The van der Waals surface area contributed by atoms with Crippen LogP contribution in [-0.4, -0.2) is 193 Å². The van der Waals surface area contributed by atoms with Gasteiger partial charge in [-0.3, -0.25) is 4.79 Å². The zero-order valence-electron chi connectivity index (χ0n) is 68.4. The Balaban J connectivity index is 1.30. The molecule has 3 aliphatic rings. The van der Waals surface area contributed by atoms with Crippen LogP contribution in [0.4, 0.5) is 0 Å². The number of ether oxygens (including phenoxy) is 6. The number of hydrogen-bond acceptors (Lipinski definition) is 18. The first-order valence-corrected chi connectivity index (χ1v) is 45.4. The van der Waals surface area contributed by atoms with Gasteiger partial charge in [0.1, 0.15) is 73.2 Å². The molecule has 0 aromatic heterocycles. The van der Waals surface area contributed by atoms with Crippen molar-refractivity contribution in [3.63, 3.8) is 0 Å². The van der Waals surface area contributed by atoms with Gasteiger partial charge in [0.05, 0.1) is 38.6 Å². The molecule has 3 saturated heterocycles. The lowest BCUT2D eigenvalue weighted by Gasteiger charge is -2.48. The van der Waals surface area contributed by atoms with Crippen LogP contribution in [0.2, 0.25) is 0 Å². The van der Waals surface area contributed by atoms with Gasteiger partial charge in [0, 0.05) is 6.42 Å². The summed E-state index contributed by atoms with van der Waals surface area (Å²) in [5.74, 6) is -0.232. The van der Waals surface area contributed by atoms with Crippen molar-refractivity contribution in [2.45, 2.75) is 516 Å². The van der Waals surface area contributed by atoms with Crippen LogP contribution < -0.4 is 5.32 Å².